The van der Waals surface area contributed by atoms with Crippen LogP contribution >= 0.6 is 0 Å². The van der Waals surface area contributed by atoms with E-state index in [0.717, 1.165) is 83.1 Å². The summed E-state index contributed by atoms with van der Waals surface area (Å²) in [5.74, 6) is -0.281. The summed E-state index contributed by atoms with van der Waals surface area (Å²) < 4.78 is 5.41. The largest absolute Gasteiger partial charge is 0.379 e. The second-order valence-corrected chi connectivity index (χ2v) is 8.58. The number of nitrogens with zero attached hydrogens (tertiary/aromatic N) is 4. The molecule has 2 fully saturated rings. The van der Waals surface area contributed by atoms with E-state index in [1.54, 1.807) is 0 Å². The monoisotopic (exact) mass is 426 g/mol. The van der Waals surface area contributed by atoms with Crippen molar-refractivity contribution in [2.24, 2.45) is 0 Å². The van der Waals surface area contributed by atoms with Gasteiger partial charge >= 0.3 is 0 Å². The minimum absolute atomic E-state index is 0.132. The molecule has 2 amide bonds. The molecule has 0 unspecified atom stereocenters. The minimum Gasteiger partial charge on any atom is -0.379 e. The molecule has 31 heavy (non-hydrogen) atoms. The molecule has 0 aromatic heterocycles. The first kappa shape index (κ1) is 22.0. The molecule has 0 radical (unpaired) electrons. The zero-order valence-electron chi connectivity index (χ0n) is 18.8. The van der Waals surface area contributed by atoms with Gasteiger partial charge < -0.3 is 14.5 Å². The lowest BCUT2D eigenvalue weighted by Crippen LogP contribution is -2.47. The third-order valence-electron chi connectivity index (χ3n) is 6.58. The molecule has 0 atom stereocenters. The molecule has 0 bridgehead atoms. The Morgan fingerprint density at radius 3 is 2.16 bits per heavy atom. The van der Waals surface area contributed by atoms with Crippen molar-refractivity contribution in [2.75, 3.05) is 72.1 Å². The first-order chi connectivity index (χ1) is 15.1. The second-order valence-electron chi connectivity index (χ2n) is 8.58. The second kappa shape index (κ2) is 9.94. The number of morpholine rings is 1. The number of likely N-dealkylation sites (N-methyl/N-ethyl adjacent to an activating group) is 1. The maximum Gasteiger partial charge on any atom is 0.277 e. The molecule has 2 saturated heterocycles. The first-order valence-electron chi connectivity index (χ1n) is 11.5. The molecule has 0 aliphatic carbocycles. The van der Waals surface area contributed by atoms with Crippen LogP contribution in [-0.4, -0.2) is 104 Å². The van der Waals surface area contributed by atoms with Crippen LogP contribution in [0.2, 0.25) is 0 Å². The highest BCUT2D eigenvalue weighted by Crippen LogP contribution is 2.32. The molecule has 4 rings (SSSR count). The number of piperazine rings is 1. The quantitative estimate of drug-likeness (QED) is 0.615. The topological polar surface area (TPSA) is 56.3 Å². The van der Waals surface area contributed by atoms with Crippen molar-refractivity contribution >= 4 is 17.4 Å². The summed E-state index contributed by atoms with van der Waals surface area (Å²) >= 11 is 0. The van der Waals surface area contributed by atoms with Gasteiger partial charge in [0.1, 0.15) is 5.70 Å². The summed E-state index contributed by atoms with van der Waals surface area (Å²) in [5, 5.41) is 0. The van der Waals surface area contributed by atoms with Crippen molar-refractivity contribution in [1.29, 1.82) is 0 Å². The van der Waals surface area contributed by atoms with Crippen molar-refractivity contribution in [2.45, 2.75) is 20.3 Å². The number of hydrogen-bond acceptors (Lipinski definition) is 6. The summed E-state index contributed by atoms with van der Waals surface area (Å²) in [4.78, 5) is 35.2. The third-order valence-corrected chi connectivity index (χ3v) is 6.58. The third kappa shape index (κ3) is 4.84. The van der Waals surface area contributed by atoms with Crippen molar-refractivity contribution in [1.82, 2.24) is 19.6 Å². The van der Waals surface area contributed by atoms with Crippen LogP contribution in [0.15, 0.2) is 30.0 Å². The van der Waals surface area contributed by atoms with Crippen LogP contribution in [0, 0.1) is 6.92 Å². The molecular weight excluding hydrogens is 392 g/mol. The smallest absolute Gasteiger partial charge is 0.277 e. The number of ether oxygens (including phenoxy) is 1. The van der Waals surface area contributed by atoms with Crippen LogP contribution < -0.4 is 0 Å². The predicted molar refractivity (Wildman–Crippen MR) is 120 cm³/mol. The van der Waals surface area contributed by atoms with Crippen molar-refractivity contribution < 1.29 is 14.3 Å². The van der Waals surface area contributed by atoms with E-state index in [2.05, 4.69) is 21.6 Å². The fourth-order valence-corrected chi connectivity index (χ4v) is 4.61. The van der Waals surface area contributed by atoms with Gasteiger partial charge in [-0.25, -0.2) is 0 Å². The van der Waals surface area contributed by atoms with Crippen LogP contribution in [0.3, 0.4) is 0 Å². The summed E-state index contributed by atoms with van der Waals surface area (Å²) in [5.41, 5.74) is 3.14. The Hall–Kier alpha value is -2.22. The molecule has 3 aliphatic heterocycles. The molecule has 7 heteroatoms. The first-order valence-corrected chi connectivity index (χ1v) is 11.5. The number of rotatable bonds is 7. The number of carbonyl (C=O) groups is 2. The Balaban J connectivity index is 1.52. The average Bonchev–Trinajstić information content (AvgIpc) is 3.05. The molecule has 1 aromatic rings. The standard InChI is InChI=1S/C24H34N4O3/c1-3-25-11-13-27(14-12-25)22-21(20-7-5-19(2)6-8-20)23(29)28(24(22)30)10-4-9-26-15-17-31-18-16-26/h5-8H,3-4,9-18H2,1-2H3. The van der Waals surface area contributed by atoms with E-state index in [1.165, 1.54) is 4.90 Å². The van der Waals surface area contributed by atoms with Crippen molar-refractivity contribution in [3.63, 3.8) is 0 Å². The normalized spacial score (nSPS) is 21.5. The number of amides is 2. The molecule has 0 spiro atoms. The van der Waals surface area contributed by atoms with E-state index >= 15 is 0 Å². The van der Waals surface area contributed by atoms with Gasteiger partial charge in [-0.3, -0.25) is 19.4 Å². The van der Waals surface area contributed by atoms with Crippen LogP contribution in [0.5, 0.6) is 0 Å². The highest BCUT2D eigenvalue weighted by molar-refractivity contribution is 6.35. The van der Waals surface area contributed by atoms with Gasteiger partial charge in [-0.1, -0.05) is 36.8 Å². The summed E-state index contributed by atoms with van der Waals surface area (Å²) in [7, 11) is 0. The molecule has 1 aromatic carbocycles. The van der Waals surface area contributed by atoms with Gasteiger partial charge in [0.15, 0.2) is 0 Å². The summed E-state index contributed by atoms with van der Waals surface area (Å²) in [6, 6.07) is 7.95. The highest BCUT2D eigenvalue weighted by atomic mass is 16.5. The van der Waals surface area contributed by atoms with Gasteiger partial charge in [-0.2, -0.15) is 0 Å². The predicted octanol–water partition coefficient (Wildman–Crippen LogP) is 1.43. The zero-order chi connectivity index (χ0) is 21.8. The Morgan fingerprint density at radius 2 is 1.52 bits per heavy atom. The molecular formula is C24H34N4O3. The van der Waals surface area contributed by atoms with Gasteiger partial charge in [-0.05, 0) is 25.5 Å². The number of carbonyl (C=O) groups excluding carboxylic acids is 2. The van der Waals surface area contributed by atoms with E-state index in [0.29, 0.717) is 17.8 Å². The number of imide groups is 1. The minimum atomic E-state index is -0.149. The molecule has 0 N–H and O–H groups in total. The van der Waals surface area contributed by atoms with Gasteiger partial charge in [0.2, 0.25) is 0 Å². The van der Waals surface area contributed by atoms with E-state index in [-0.39, 0.29) is 11.8 Å². The molecule has 3 heterocycles. The maximum atomic E-state index is 13.5. The lowest BCUT2D eigenvalue weighted by molar-refractivity contribution is -0.137. The fraction of sp³-hybridized carbons (Fsp3) is 0.583. The average molecular weight is 427 g/mol. The fourth-order valence-electron chi connectivity index (χ4n) is 4.61. The molecule has 0 saturated carbocycles. The van der Waals surface area contributed by atoms with Gasteiger partial charge in [0.25, 0.3) is 11.8 Å². The van der Waals surface area contributed by atoms with Crippen molar-refractivity contribution in [3.05, 3.63) is 41.1 Å². The summed E-state index contributed by atoms with van der Waals surface area (Å²) in [6.07, 6.45) is 0.787. The number of hydrogen-bond donors (Lipinski definition) is 0. The maximum absolute atomic E-state index is 13.5. The lowest BCUT2D eigenvalue weighted by atomic mass is 10.0. The Labute approximate surface area is 185 Å². The highest BCUT2D eigenvalue weighted by Gasteiger charge is 2.41. The van der Waals surface area contributed by atoms with E-state index in [9.17, 15) is 9.59 Å². The Kier molecular flexibility index (Phi) is 7.05. The van der Waals surface area contributed by atoms with Gasteiger partial charge in [-0.15, -0.1) is 0 Å². The number of benzene rings is 1. The van der Waals surface area contributed by atoms with Crippen molar-refractivity contribution in [3.8, 4) is 0 Å². The molecule has 168 valence electrons. The Morgan fingerprint density at radius 1 is 0.839 bits per heavy atom. The summed E-state index contributed by atoms with van der Waals surface area (Å²) in [6.45, 7) is 13.3. The van der Waals surface area contributed by atoms with Crippen LogP contribution in [-0.2, 0) is 14.3 Å². The lowest BCUT2D eigenvalue weighted by Gasteiger charge is -2.36. The molecule has 3 aliphatic rings. The van der Waals surface area contributed by atoms with Crippen LogP contribution in [0.1, 0.15) is 24.5 Å². The SMILES string of the molecule is CCN1CCN(C2=C(c3ccc(C)cc3)C(=O)N(CCCN3CCOCC3)C2=O)CC1. The van der Waals surface area contributed by atoms with E-state index in [1.807, 2.05) is 31.2 Å². The van der Waals surface area contributed by atoms with Crippen LogP contribution in [0.25, 0.3) is 5.57 Å². The zero-order valence-corrected chi connectivity index (χ0v) is 18.8. The van der Waals surface area contributed by atoms with E-state index in [4.69, 9.17) is 4.74 Å². The van der Waals surface area contributed by atoms with Gasteiger partial charge in [0, 0.05) is 52.4 Å². The van der Waals surface area contributed by atoms with Gasteiger partial charge in [0.05, 0.1) is 18.8 Å². The molecule has 7 nitrogen and oxygen atoms in total. The number of aryl methyl sites for hydroxylation is 1. The van der Waals surface area contributed by atoms with Crippen LogP contribution in [0.4, 0.5) is 0 Å². The Bertz CT molecular complexity index is 822. The van der Waals surface area contributed by atoms with E-state index < -0.39 is 0 Å².